The minimum Gasteiger partial charge on any atom is -0.472 e. The molecule has 0 saturated carbocycles. The Morgan fingerprint density at radius 3 is 2.76 bits per heavy atom. The Morgan fingerprint density at radius 1 is 1.24 bits per heavy atom. The Labute approximate surface area is 105 Å². The lowest BCUT2D eigenvalue weighted by atomic mass is 10.2. The zero-order valence-electron chi connectivity index (χ0n) is 11.2. The van der Waals surface area contributed by atoms with Gasteiger partial charge in [0, 0.05) is 12.1 Å². The number of unbranched alkanes of at least 4 members (excludes halogenated alkanes) is 3. The summed E-state index contributed by atoms with van der Waals surface area (Å²) in [5.74, 6) is 0. The molecule has 1 rings (SSSR count). The second kappa shape index (κ2) is 9.25. The maximum absolute atomic E-state index is 5.06. The zero-order chi connectivity index (χ0) is 12.3. The highest BCUT2D eigenvalue weighted by atomic mass is 16.3. The molecule has 0 atom stereocenters. The van der Waals surface area contributed by atoms with Crippen LogP contribution in [0.4, 0.5) is 0 Å². The van der Waals surface area contributed by atoms with Crippen molar-refractivity contribution in [3.63, 3.8) is 0 Å². The summed E-state index contributed by atoms with van der Waals surface area (Å²) in [4.78, 5) is 2.36. The van der Waals surface area contributed by atoms with E-state index in [2.05, 4.69) is 24.2 Å². The fourth-order valence-corrected chi connectivity index (χ4v) is 1.94. The molecular formula is C14H26N2O. The minimum absolute atomic E-state index is 0.994. The molecule has 0 unspecified atom stereocenters. The topological polar surface area (TPSA) is 28.4 Å². The largest absolute Gasteiger partial charge is 0.472 e. The van der Waals surface area contributed by atoms with Crippen molar-refractivity contribution in [3.8, 4) is 0 Å². The van der Waals surface area contributed by atoms with Gasteiger partial charge in [0.1, 0.15) is 0 Å². The van der Waals surface area contributed by atoms with Crippen molar-refractivity contribution in [1.29, 1.82) is 0 Å². The van der Waals surface area contributed by atoms with Gasteiger partial charge >= 0.3 is 0 Å². The molecule has 98 valence electrons. The zero-order valence-corrected chi connectivity index (χ0v) is 11.2. The molecule has 1 aromatic rings. The first kappa shape index (κ1) is 14.3. The van der Waals surface area contributed by atoms with Crippen molar-refractivity contribution in [2.24, 2.45) is 0 Å². The minimum atomic E-state index is 0.994. The summed E-state index contributed by atoms with van der Waals surface area (Å²) < 4.78 is 5.06. The SMILES string of the molecule is CCNCCCCCCN(C)Cc1ccoc1. The van der Waals surface area contributed by atoms with Crippen LogP contribution < -0.4 is 5.32 Å². The van der Waals surface area contributed by atoms with Crippen LogP contribution in [0.5, 0.6) is 0 Å². The average molecular weight is 238 g/mol. The Morgan fingerprint density at radius 2 is 2.06 bits per heavy atom. The molecule has 0 bridgehead atoms. The molecule has 0 spiro atoms. The van der Waals surface area contributed by atoms with Crippen LogP contribution in [0.15, 0.2) is 23.0 Å². The molecule has 0 amide bonds. The number of nitrogens with zero attached hydrogens (tertiary/aromatic N) is 1. The van der Waals surface area contributed by atoms with Gasteiger partial charge in [0.05, 0.1) is 12.5 Å². The maximum Gasteiger partial charge on any atom is 0.0947 e. The molecule has 0 aliphatic carbocycles. The normalized spacial score (nSPS) is 11.2. The summed E-state index contributed by atoms with van der Waals surface area (Å²) in [5, 5.41) is 3.36. The first-order valence-electron chi connectivity index (χ1n) is 6.73. The van der Waals surface area contributed by atoms with E-state index in [0.29, 0.717) is 0 Å². The molecule has 3 nitrogen and oxygen atoms in total. The van der Waals surface area contributed by atoms with Crippen LogP contribution in [-0.2, 0) is 6.54 Å². The summed E-state index contributed by atoms with van der Waals surface area (Å²) in [6.07, 6.45) is 8.84. The third-order valence-electron chi connectivity index (χ3n) is 2.93. The summed E-state index contributed by atoms with van der Waals surface area (Å²) >= 11 is 0. The van der Waals surface area contributed by atoms with Crippen molar-refractivity contribution in [2.45, 2.75) is 39.2 Å². The first-order chi connectivity index (χ1) is 8.33. The van der Waals surface area contributed by atoms with E-state index in [1.54, 1.807) is 6.26 Å². The van der Waals surface area contributed by atoms with Gasteiger partial charge in [0.15, 0.2) is 0 Å². The van der Waals surface area contributed by atoms with Crippen LogP contribution in [0, 0.1) is 0 Å². The quantitative estimate of drug-likeness (QED) is 0.635. The molecule has 1 heterocycles. The monoisotopic (exact) mass is 238 g/mol. The molecule has 1 N–H and O–H groups in total. The highest BCUT2D eigenvalue weighted by Gasteiger charge is 2.00. The van der Waals surface area contributed by atoms with Gasteiger partial charge in [-0.25, -0.2) is 0 Å². The van der Waals surface area contributed by atoms with Crippen LogP contribution >= 0.6 is 0 Å². The van der Waals surface area contributed by atoms with Crippen LogP contribution in [0.25, 0.3) is 0 Å². The van der Waals surface area contributed by atoms with Gasteiger partial charge in [-0.2, -0.15) is 0 Å². The van der Waals surface area contributed by atoms with E-state index < -0.39 is 0 Å². The molecule has 3 heteroatoms. The Kier molecular flexibility index (Phi) is 7.76. The summed E-state index contributed by atoms with van der Waals surface area (Å²) in [7, 11) is 2.17. The summed E-state index contributed by atoms with van der Waals surface area (Å²) in [5.41, 5.74) is 1.26. The van der Waals surface area contributed by atoms with Crippen molar-refractivity contribution < 1.29 is 4.42 Å². The van der Waals surface area contributed by atoms with Gasteiger partial charge in [0.25, 0.3) is 0 Å². The van der Waals surface area contributed by atoms with E-state index in [-0.39, 0.29) is 0 Å². The number of hydrogen-bond donors (Lipinski definition) is 1. The van der Waals surface area contributed by atoms with E-state index in [0.717, 1.165) is 13.1 Å². The first-order valence-corrected chi connectivity index (χ1v) is 6.73. The second-order valence-corrected chi connectivity index (χ2v) is 4.64. The van der Waals surface area contributed by atoms with E-state index in [1.165, 1.54) is 44.3 Å². The van der Waals surface area contributed by atoms with Crippen molar-refractivity contribution in [1.82, 2.24) is 10.2 Å². The van der Waals surface area contributed by atoms with Gasteiger partial charge in [-0.3, -0.25) is 0 Å². The van der Waals surface area contributed by atoms with Crippen molar-refractivity contribution in [2.75, 3.05) is 26.7 Å². The summed E-state index contributed by atoms with van der Waals surface area (Å²) in [6.45, 7) is 6.58. The van der Waals surface area contributed by atoms with Gasteiger partial charge in [-0.1, -0.05) is 19.8 Å². The van der Waals surface area contributed by atoms with Crippen molar-refractivity contribution in [3.05, 3.63) is 24.2 Å². The molecule has 0 aromatic carbocycles. The number of nitrogens with one attached hydrogen (secondary N) is 1. The molecule has 0 saturated heterocycles. The van der Waals surface area contributed by atoms with E-state index in [1.807, 2.05) is 12.3 Å². The lowest BCUT2D eigenvalue weighted by Gasteiger charge is -2.15. The molecule has 0 radical (unpaired) electrons. The fraction of sp³-hybridized carbons (Fsp3) is 0.714. The molecule has 17 heavy (non-hydrogen) atoms. The van der Waals surface area contributed by atoms with E-state index in [9.17, 15) is 0 Å². The fourth-order valence-electron chi connectivity index (χ4n) is 1.94. The van der Waals surface area contributed by atoms with Crippen LogP contribution in [0.1, 0.15) is 38.2 Å². The second-order valence-electron chi connectivity index (χ2n) is 4.64. The van der Waals surface area contributed by atoms with Crippen LogP contribution in [0.3, 0.4) is 0 Å². The highest BCUT2D eigenvalue weighted by Crippen LogP contribution is 2.06. The van der Waals surface area contributed by atoms with E-state index in [4.69, 9.17) is 4.42 Å². The molecule has 0 aliphatic heterocycles. The van der Waals surface area contributed by atoms with Gasteiger partial charge in [-0.15, -0.1) is 0 Å². The van der Waals surface area contributed by atoms with Crippen LogP contribution in [0.2, 0.25) is 0 Å². The van der Waals surface area contributed by atoms with Gasteiger partial charge in [-0.05, 0) is 45.6 Å². The lowest BCUT2D eigenvalue weighted by Crippen LogP contribution is -2.19. The molecule has 0 aliphatic rings. The van der Waals surface area contributed by atoms with Gasteiger partial charge < -0.3 is 14.6 Å². The maximum atomic E-state index is 5.06. The van der Waals surface area contributed by atoms with Crippen molar-refractivity contribution >= 4 is 0 Å². The third kappa shape index (κ3) is 7.18. The third-order valence-corrected chi connectivity index (χ3v) is 2.93. The Bertz CT molecular complexity index is 259. The highest BCUT2D eigenvalue weighted by molar-refractivity contribution is 5.04. The smallest absolute Gasteiger partial charge is 0.0947 e. The molecular weight excluding hydrogens is 212 g/mol. The Hall–Kier alpha value is -0.800. The van der Waals surface area contributed by atoms with Crippen LogP contribution in [-0.4, -0.2) is 31.6 Å². The Balaban J connectivity index is 1.92. The number of furan rings is 1. The predicted octanol–water partition coefficient (Wildman–Crippen LogP) is 2.88. The standard InChI is InChI=1S/C14H26N2O/c1-3-15-9-6-4-5-7-10-16(2)12-14-8-11-17-13-14/h8,11,13,15H,3-7,9-10,12H2,1-2H3. The average Bonchev–Trinajstić information content (AvgIpc) is 2.80. The number of rotatable bonds is 10. The molecule has 1 aromatic heterocycles. The van der Waals surface area contributed by atoms with Gasteiger partial charge in [0.2, 0.25) is 0 Å². The molecule has 0 fully saturated rings. The lowest BCUT2D eigenvalue weighted by molar-refractivity contribution is 0.315. The number of hydrogen-bond acceptors (Lipinski definition) is 3. The van der Waals surface area contributed by atoms with E-state index >= 15 is 0 Å². The predicted molar refractivity (Wildman–Crippen MR) is 72.1 cm³/mol. The summed E-state index contributed by atoms with van der Waals surface area (Å²) in [6, 6.07) is 2.03.